The van der Waals surface area contributed by atoms with E-state index in [1.54, 1.807) is 19.2 Å². The topological polar surface area (TPSA) is 18.5 Å². The van der Waals surface area contributed by atoms with Gasteiger partial charge in [-0.25, -0.2) is 0 Å². The molecule has 0 N–H and O–H groups in total. The Morgan fingerprint density at radius 1 is 1.00 bits per heavy atom. The van der Waals surface area contributed by atoms with Crippen LogP contribution in [0.4, 0.5) is 0 Å². The lowest BCUT2D eigenvalue weighted by atomic mass is 10.2. The molecule has 0 atom stereocenters. The molecule has 0 amide bonds. The van der Waals surface area contributed by atoms with Gasteiger partial charge in [0.05, 0.1) is 7.11 Å². The van der Waals surface area contributed by atoms with E-state index in [9.17, 15) is 0 Å². The van der Waals surface area contributed by atoms with Gasteiger partial charge in [-0.15, -0.1) is 11.6 Å². The van der Waals surface area contributed by atoms with Crippen LogP contribution in [-0.2, 0) is 12.5 Å². The predicted molar refractivity (Wildman–Crippen MR) is 83.3 cm³/mol. The van der Waals surface area contributed by atoms with E-state index in [0.29, 0.717) is 34.0 Å². The summed E-state index contributed by atoms with van der Waals surface area (Å²) in [5.74, 6) is 1.72. The number of benzene rings is 2. The van der Waals surface area contributed by atoms with E-state index < -0.39 is 0 Å². The Bertz CT molecular complexity index is 600. The van der Waals surface area contributed by atoms with Crippen molar-refractivity contribution in [1.29, 1.82) is 0 Å². The maximum Gasteiger partial charge on any atom is 0.161 e. The van der Waals surface area contributed by atoms with E-state index in [1.807, 2.05) is 24.3 Å². The zero-order valence-corrected chi connectivity index (χ0v) is 13.1. The SMILES string of the molecule is COc1cc(CCl)ccc1OCc1ccc(Cl)cc1Cl. The predicted octanol–water partition coefficient (Wildman–Crippen LogP) is 5.32. The van der Waals surface area contributed by atoms with Crippen LogP contribution in [0.15, 0.2) is 36.4 Å². The molecule has 0 spiro atoms. The second-order valence-corrected chi connectivity index (χ2v) is 5.25. The van der Waals surface area contributed by atoms with E-state index in [0.717, 1.165) is 11.1 Å². The fourth-order valence-electron chi connectivity index (χ4n) is 1.71. The summed E-state index contributed by atoms with van der Waals surface area (Å²) in [6.45, 7) is 0.340. The Morgan fingerprint density at radius 2 is 1.80 bits per heavy atom. The summed E-state index contributed by atoms with van der Waals surface area (Å²) >= 11 is 17.8. The third-order valence-corrected chi connectivity index (χ3v) is 3.68. The van der Waals surface area contributed by atoms with E-state index in [2.05, 4.69) is 0 Å². The number of rotatable bonds is 5. The maximum atomic E-state index is 6.10. The molecule has 0 bridgehead atoms. The Balaban J connectivity index is 2.14. The minimum absolute atomic E-state index is 0.340. The van der Waals surface area contributed by atoms with Gasteiger partial charge in [0.1, 0.15) is 6.61 Å². The Morgan fingerprint density at radius 3 is 2.45 bits per heavy atom. The average molecular weight is 332 g/mol. The van der Waals surface area contributed by atoms with Gasteiger partial charge in [-0.05, 0) is 29.8 Å². The van der Waals surface area contributed by atoms with Gasteiger partial charge >= 0.3 is 0 Å². The molecule has 2 aromatic rings. The summed E-state index contributed by atoms with van der Waals surface area (Å²) < 4.78 is 11.0. The molecule has 0 aliphatic heterocycles. The van der Waals surface area contributed by atoms with Gasteiger partial charge in [-0.2, -0.15) is 0 Å². The van der Waals surface area contributed by atoms with Crippen molar-refractivity contribution >= 4 is 34.8 Å². The van der Waals surface area contributed by atoms with Crippen molar-refractivity contribution in [2.24, 2.45) is 0 Å². The Labute approximate surface area is 133 Å². The second kappa shape index (κ2) is 7.07. The molecule has 5 heteroatoms. The summed E-state index contributed by atoms with van der Waals surface area (Å²) in [7, 11) is 1.59. The molecule has 0 aliphatic carbocycles. The average Bonchev–Trinajstić information content (AvgIpc) is 2.46. The first-order chi connectivity index (χ1) is 9.63. The molecule has 2 aromatic carbocycles. The summed E-state index contributed by atoms with van der Waals surface area (Å²) in [6, 6.07) is 10.9. The molecule has 0 fully saturated rings. The van der Waals surface area contributed by atoms with Crippen LogP contribution in [0, 0.1) is 0 Å². The van der Waals surface area contributed by atoms with Crippen molar-refractivity contribution in [3.63, 3.8) is 0 Å². The summed E-state index contributed by atoms with van der Waals surface area (Å²) in [4.78, 5) is 0. The standard InChI is InChI=1S/C15H13Cl3O2/c1-19-15-6-10(8-16)2-5-14(15)20-9-11-3-4-12(17)7-13(11)18/h2-7H,8-9H2,1H3. The number of hydrogen-bond acceptors (Lipinski definition) is 2. The lowest BCUT2D eigenvalue weighted by Gasteiger charge is -2.12. The number of hydrogen-bond donors (Lipinski definition) is 0. The number of alkyl halides is 1. The number of halogens is 3. The third-order valence-electron chi connectivity index (χ3n) is 2.78. The highest BCUT2D eigenvalue weighted by Gasteiger charge is 2.07. The van der Waals surface area contributed by atoms with E-state index in [1.165, 1.54) is 0 Å². The molecule has 0 aromatic heterocycles. The highest BCUT2D eigenvalue weighted by molar-refractivity contribution is 6.35. The molecule has 2 rings (SSSR count). The maximum absolute atomic E-state index is 6.10. The molecule has 2 nitrogen and oxygen atoms in total. The van der Waals surface area contributed by atoms with Crippen LogP contribution < -0.4 is 9.47 Å². The third kappa shape index (κ3) is 3.72. The van der Waals surface area contributed by atoms with Crippen molar-refractivity contribution in [2.75, 3.05) is 7.11 Å². The first-order valence-electron chi connectivity index (χ1n) is 5.93. The molecule has 20 heavy (non-hydrogen) atoms. The number of ether oxygens (including phenoxy) is 2. The van der Waals surface area contributed by atoms with Crippen molar-refractivity contribution < 1.29 is 9.47 Å². The highest BCUT2D eigenvalue weighted by atomic mass is 35.5. The first kappa shape index (κ1) is 15.3. The fraction of sp³-hybridized carbons (Fsp3) is 0.200. The molecule has 0 unspecified atom stereocenters. The van der Waals surface area contributed by atoms with Gasteiger partial charge in [0.15, 0.2) is 11.5 Å². The van der Waals surface area contributed by atoms with E-state index in [-0.39, 0.29) is 0 Å². The van der Waals surface area contributed by atoms with Crippen molar-refractivity contribution in [2.45, 2.75) is 12.5 Å². The minimum Gasteiger partial charge on any atom is -0.493 e. The zero-order chi connectivity index (χ0) is 14.5. The molecule has 0 saturated heterocycles. The minimum atomic E-state index is 0.340. The second-order valence-electron chi connectivity index (χ2n) is 4.14. The Hall–Kier alpha value is -1.09. The van der Waals surface area contributed by atoms with Gasteiger partial charge < -0.3 is 9.47 Å². The van der Waals surface area contributed by atoms with Crippen molar-refractivity contribution in [1.82, 2.24) is 0 Å². The molecule has 0 heterocycles. The van der Waals surface area contributed by atoms with Gasteiger partial charge in [0.2, 0.25) is 0 Å². The zero-order valence-electron chi connectivity index (χ0n) is 10.8. The van der Waals surface area contributed by atoms with E-state index >= 15 is 0 Å². The lowest BCUT2D eigenvalue weighted by molar-refractivity contribution is 0.284. The van der Waals surface area contributed by atoms with Gasteiger partial charge in [0.25, 0.3) is 0 Å². The number of methoxy groups -OCH3 is 1. The fourth-order valence-corrected chi connectivity index (χ4v) is 2.34. The summed E-state index contributed by atoms with van der Waals surface area (Å²) in [5, 5.41) is 1.18. The van der Waals surface area contributed by atoms with Gasteiger partial charge in [-0.3, -0.25) is 0 Å². The Kier molecular flexibility index (Phi) is 5.41. The van der Waals surface area contributed by atoms with Crippen LogP contribution in [-0.4, -0.2) is 7.11 Å². The first-order valence-corrected chi connectivity index (χ1v) is 7.22. The van der Waals surface area contributed by atoms with Crippen LogP contribution >= 0.6 is 34.8 Å². The molecule has 0 aliphatic rings. The van der Waals surface area contributed by atoms with Gasteiger partial charge in [0, 0.05) is 21.5 Å². The molecule has 106 valence electrons. The van der Waals surface area contributed by atoms with Crippen molar-refractivity contribution in [3.8, 4) is 11.5 Å². The smallest absolute Gasteiger partial charge is 0.161 e. The quantitative estimate of drug-likeness (QED) is 0.690. The van der Waals surface area contributed by atoms with Crippen LogP contribution in [0.5, 0.6) is 11.5 Å². The lowest BCUT2D eigenvalue weighted by Crippen LogP contribution is -1.99. The van der Waals surface area contributed by atoms with Crippen LogP contribution in [0.2, 0.25) is 10.0 Å². The van der Waals surface area contributed by atoms with Gasteiger partial charge in [-0.1, -0.05) is 35.3 Å². The molecule has 0 saturated carbocycles. The monoisotopic (exact) mass is 330 g/mol. The highest BCUT2D eigenvalue weighted by Crippen LogP contribution is 2.30. The normalized spacial score (nSPS) is 10.4. The van der Waals surface area contributed by atoms with Crippen LogP contribution in [0.1, 0.15) is 11.1 Å². The van der Waals surface area contributed by atoms with Crippen LogP contribution in [0.25, 0.3) is 0 Å². The molecular weight excluding hydrogens is 319 g/mol. The summed E-state index contributed by atoms with van der Waals surface area (Å²) in [6.07, 6.45) is 0. The molecule has 0 radical (unpaired) electrons. The van der Waals surface area contributed by atoms with E-state index in [4.69, 9.17) is 44.3 Å². The summed E-state index contributed by atoms with van der Waals surface area (Å²) in [5.41, 5.74) is 1.83. The largest absolute Gasteiger partial charge is 0.493 e. The van der Waals surface area contributed by atoms with Crippen LogP contribution in [0.3, 0.4) is 0 Å². The van der Waals surface area contributed by atoms with Crippen molar-refractivity contribution in [3.05, 3.63) is 57.6 Å². The molecular formula is C15H13Cl3O2.